The fraction of sp³-hybridized carbons (Fsp3) is 0.286. The van der Waals surface area contributed by atoms with Gasteiger partial charge in [-0.15, -0.1) is 0 Å². The summed E-state index contributed by atoms with van der Waals surface area (Å²) in [7, 11) is -2.56. The molecule has 9 nitrogen and oxygen atoms in total. The van der Waals surface area contributed by atoms with E-state index < -0.39 is 28.4 Å². The molecule has 0 aromatic heterocycles. The van der Waals surface area contributed by atoms with Gasteiger partial charge in [0.05, 0.1) is 11.4 Å². The molecule has 2 rings (SSSR count). The number of benzene rings is 2. The van der Waals surface area contributed by atoms with Crippen LogP contribution in [0.1, 0.15) is 27.9 Å². The standard InChI is InChI=1S/C21H26N4O5S/c1-15-8-10-17(11-9-15)31(29,30)25(3)14-20(27)24-23-19(26)12-13-22-21(28)18-7-5-4-6-16(18)2/h4-11H,12-14H2,1-3H3,(H,22,28)(H,23,26)(H,24,27). The molecule has 31 heavy (non-hydrogen) atoms. The second kappa shape index (κ2) is 10.7. The first-order chi connectivity index (χ1) is 14.6. The molecule has 0 heterocycles. The summed E-state index contributed by atoms with van der Waals surface area (Å²) in [6.45, 7) is 3.26. The molecule has 10 heteroatoms. The van der Waals surface area contributed by atoms with E-state index in [1.165, 1.54) is 19.2 Å². The van der Waals surface area contributed by atoms with Gasteiger partial charge in [-0.25, -0.2) is 8.42 Å². The number of carbonyl (C=O) groups excluding carboxylic acids is 3. The van der Waals surface area contributed by atoms with Crippen molar-refractivity contribution in [2.75, 3.05) is 20.1 Å². The number of sulfonamides is 1. The summed E-state index contributed by atoms with van der Waals surface area (Å²) in [5.41, 5.74) is 6.62. The van der Waals surface area contributed by atoms with Crippen LogP contribution in [0.3, 0.4) is 0 Å². The van der Waals surface area contributed by atoms with Gasteiger partial charge in [0.15, 0.2) is 0 Å². The molecular weight excluding hydrogens is 420 g/mol. The fourth-order valence-corrected chi connectivity index (χ4v) is 3.76. The van der Waals surface area contributed by atoms with Crippen molar-refractivity contribution in [2.45, 2.75) is 25.2 Å². The molecule has 0 saturated carbocycles. The number of carbonyl (C=O) groups is 3. The van der Waals surface area contributed by atoms with Crippen molar-refractivity contribution < 1.29 is 22.8 Å². The number of likely N-dealkylation sites (N-methyl/N-ethyl adjacent to an activating group) is 1. The summed E-state index contributed by atoms with van der Waals surface area (Å²) in [4.78, 5) is 36.0. The number of aryl methyl sites for hydroxylation is 2. The number of hydrazine groups is 1. The van der Waals surface area contributed by atoms with Gasteiger partial charge in [0, 0.05) is 25.6 Å². The van der Waals surface area contributed by atoms with E-state index in [1.54, 1.807) is 24.3 Å². The summed E-state index contributed by atoms with van der Waals surface area (Å²) >= 11 is 0. The van der Waals surface area contributed by atoms with Crippen molar-refractivity contribution in [1.29, 1.82) is 0 Å². The first-order valence-electron chi connectivity index (χ1n) is 9.56. The summed E-state index contributed by atoms with van der Waals surface area (Å²) in [5.74, 6) is -1.52. The minimum atomic E-state index is -3.83. The van der Waals surface area contributed by atoms with Crippen LogP contribution in [0.2, 0.25) is 0 Å². The van der Waals surface area contributed by atoms with Crippen LogP contribution in [0.15, 0.2) is 53.4 Å². The molecule has 0 fully saturated rings. The maximum atomic E-state index is 12.5. The van der Waals surface area contributed by atoms with Gasteiger partial charge in [-0.3, -0.25) is 25.2 Å². The lowest BCUT2D eigenvalue weighted by Gasteiger charge is -2.17. The summed E-state index contributed by atoms with van der Waals surface area (Å²) < 4.78 is 25.9. The maximum Gasteiger partial charge on any atom is 0.253 e. The van der Waals surface area contributed by atoms with E-state index in [2.05, 4.69) is 16.2 Å². The van der Waals surface area contributed by atoms with E-state index in [0.29, 0.717) is 5.56 Å². The Kier molecular flexibility index (Phi) is 8.29. The van der Waals surface area contributed by atoms with Crippen LogP contribution in [-0.2, 0) is 19.6 Å². The molecule has 166 valence electrons. The Hall–Kier alpha value is -3.24. The predicted molar refractivity (Wildman–Crippen MR) is 115 cm³/mol. The Morgan fingerprint density at radius 3 is 2.16 bits per heavy atom. The van der Waals surface area contributed by atoms with Crippen LogP contribution >= 0.6 is 0 Å². The summed E-state index contributed by atoms with van der Waals surface area (Å²) in [5, 5.41) is 2.63. The number of hydrogen-bond acceptors (Lipinski definition) is 5. The maximum absolute atomic E-state index is 12.5. The lowest BCUT2D eigenvalue weighted by molar-refractivity contribution is -0.128. The van der Waals surface area contributed by atoms with Crippen LogP contribution in [0, 0.1) is 13.8 Å². The van der Waals surface area contributed by atoms with E-state index >= 15 is 0 Å². The predicted octanol–water partition coefficient (Wildman–Crippen LogP) is 0.891. The van der Waals surface area contributed by atoms with Gasteiger partial charge in [-0.05, 0) is 37.6 Å². The van der Waals surface area contributed by atoms with Gasteiger partial charge in [-0.2, -0.15) is 4.31 Å². The molecular formula is C21H26N4O5S. The molecule has 3 N–H and O–H groups in total. The SMILES string of the molecule is Cc1ccc(S(=O)(=O)N(C)CC(=O)NNC(=O)CCNC(=O)c2ccccc2C)cc1. The second-order valence-corrected chi connectivity index (χ2v) is 9.04. The monoisotopic (exact) mass is 446 g/mol. The molecule has 0 aliphatic heterocycles. The van der Waals surface area contributed by atoms with Crippen molar-refractivity contribution in [2.24, 2.45) is 0 Å². The summed E-state index contributed by atoms with van der Waals surface area (Å²) in [6, 6.07) is 13.3. The van der Waals surface area contributed by atoms with Gasteiger partial charge >= 0.3 is 0 Å². The fourth-order valence-electron chi connectivity index (χ4n) is 2.63. The molecule has 0 aliphatic carbocycles. The number of hydrogen-bond donors (Lipinski definition) is 3. The zero-order chi connectivity index (χ0) is 23.0. The highest BCUT2D eigenvalue weighted by molar-refractivity contribution is 7.89. The lowest BCUT2D eigenvalue weighted by Crippen LogP contribution is -2.47. The minimum Gasteiger partial charge on any atom is -0.352 e. The zero-order valence-electron chi connectivity index (χ0n) is 17.6. The second-order valence-electron chi connectivity index (χ2n) is 6.99. The molecule has 2 aromatic carbocycles. The molecule has 0 spiro atoms. The Morgan fingerprint density at radius 1 is 0.903 bits per heavy atom. The van der Waals surface area contributed by atoms with Crippen molar-refractivity contribution in [1.82, 2.24) is 20.5 Å². The summed E-state index contributed by atoms with van der Waals surface area (Å²) in [6.07, 6.45) is -0.0601. The average molecular weight is 447 g/mol. The van der Waals surface area contributed by atoms with Gasteiger partial charge in [-0.1, -0.05) is 35.9 Å². The third-order valence-electron chi connectivity index (χ3n) is 4.46. The molecule has 0 bridgehead atoms. The molecule has 0 saturated heterocycles. The van der Waals surface area contributed by atoms with Crippen molar-refractivity contribution in [3.8, 4) is 0 Å². The Balaban J connectivity index is 1.75. The molecule has 3 amide bonds. The Bertz CT molecular complexity index is 1050. The first-order valence-corrected chi connectivity index (χ1v) is 11.0. The van der Waals surface area contributed by atoms with E-state index in [-0.39, 0.29) is 23.8 Å². The molecule has 0 atom stereocenters. The number of rotatable bonds is 8. The highest BCUT2D eigenvalue weighted by Gasteiger charge is 2.23. The largest absolute Gasteiger partial charge is 0.352 e. The Morgan fingerprint density at radius 2 is 1.52 bits per heavy atom. The van der Waals surface area contributed by atoms with Gasteiger partial charge in [0.1, 0.15) is 0 Å². The average Bonchev–Trinajstić information content (AvgIpc) is 2.72. The normalized spacial score (nSPS) is 11.1. The number of nitrogens with zero attached hydrogens (tertiary/aromatic N) is 1. The molecule has 0 aliphatic rings. The van der Waals surface area contributed by atoms with Gasteiger partial charge < -0.3 is 5.32 Å². The van der Waals surface area contributed by atoms with Crippen molar-refractivity contribution >= 4 is 27.7 Å². The van der Waals surface area contributed by atoms with Crippen LogP contribution in [-0.4, -0.2) is 50.6 Å². The van der Waals surface area contributed by atoms with Gasteiger partial charge in [0.25, 0.3) is 11.8 Å². The van der Waals surface area contributed by atoms with Gasteiger partial charge in [0.2, 0.25) is 15.9 Å². The third kappa shape index (κ3) is 6.90. The van der Waals surface area contributed by atoms with E-state index in [0.717, 1.165) is 15.4 Å². The number of amides is 3. The van der Waals surface area contributed by atoms with E-state index in [9.17, 15) is 22.8 Å². The first kappa shape index (κ1) is 24.0. The smallest absolute Gasteiger partial charge is 0.253 e. The Labute approximate surface area is 181 Å². The lowest BCUT2D eigenvalue weighted by atomic mass is 10.1. The van der Waals surface area contributed by atoms with E-state index in [4.69, 9.17) is 0 Å². The van der Waals surface area contributed by atoms with Crippen LogP contribution in [0.4, 0.5) is 0 Å². The zero-order valence-corrected chi connectivity index (χ0v) is 18.5. The quantitative estimate of drug-likeness (QED) is 0.520. The van der Waals surface area contributed by atoms with E-state index in [1.807, 2.05) is 26.0 Å². The van der Waals surface area contributed by atoms with Crippen LogP contribution in [0.25, 0.3) is 0 Å². The van der Waals surface area contributed by atoms with Crippen molar-refractivity contribution in [3.05, 3.63) is 65.2 Å². The highest BCUT2D eigenvalue weighted by atomic mass is 32.2. The van der Waals surface area contributed by atoms with Crippen LogP contribution < -0.4 is 16.2 Å². The molecule has 0 radical (unpaired) electrons. The molecule has 2 aromatic rings. The van der Waals surface area contributed by atoms with Crippen molar-refractivity contribution in [3.63, 3.8) is 0 Å². The number of nitrogens with one attached hydrogen (secondary N) is 3. The minimum absolute atomic E-state index is 0.0601. The molecule has 0 unspecified atom stereocenters. The topological polar surface area (TPSA) is 125 Å². The van der Waals surface area contributed by atoms with Crippen LogP contribution in [0.5, 0.6) is 0 Å². The highest BCUT2D eigenvalue weighted by Crippen LogP contribution is 2.14. The third-order valence-corrected chi connectivity index (χ3v) is 6.28.